The monoisotopic (exact) mass is 979 g/mol. The highest BCUT2D eigenvalue weighted by molar-refractivity contribution is 5.71. The second-order valence-corrected chi connectivity index (χ2v) is 20.2. The van der Waals surface area contributed by atoms with Gasteiger partial charge in [-0.2, -0.15) is 0 Å². The van der Waals surface area contributed by atoms with Gasteiger partial charge in [-0.05, 0) is 64.2 Å². The summed E-state index contributed by atoms with van der Waals surface area (Å²) in [6.45, 7) is 6.54. The van der Waals surface area contributed by atoms with Crippen molar-refractivity contribution in [2.75, 3.05) is 13.2 Å². The van der Waals surface area contributed by atoms with Crippen molar-refractivity contribution >= 4 is 17.9 Å². The molecule has 6 nitrogen and oxygen atoms in total. The number of hydrogen-bond donors (Lipinski definition) is 0. The smallest absolute Gasteiger partial charge is 0.306 e. The van der Waals surface area contributed by atoms with Gasteiger partial charge in [0.25, 0.3) is 0 Å². The molecule has 0 amide bonds. The molecule has 406 valence electrons. The van der Waals surface area contributed by atoms with E-state index in [9.17, 15) is 14.4 Å². The molecule has 0 aliphatic carbocycles. The van der Waals surface area contributed by atoms with Crippen molar-refractivity contribution in [3.05, 3.63) is 60.8 Å². The fraction of sp³-hybridized carbons (Fsp3) is 0.797. The highest BCUT2D eigenvalue weighted by Crippen LogP contribution is 2.17. The molecule has 0 N–H and O–H groups in total. The third-order valence-electron chi connectivity index (χ3n) is 13.3. The van der Waals surface area contributed by atoms with E-state index in [4.69, 9.17) is 14.2 Å². The zero-order valence-corrected chi connectivity index (χ0v) is 46.5. The van der Waals surface area contributed by atoms with Gasteiger partial charge in [0.2, 0.25) is 0 Å². The predicted molar refractivity (Wildman–Crippen MR) is 302 cm³/mol. The topological polar surface area (TPSA) is 78.9 Å². The first kappa shape index (κ1) is 67.1. The average Bonchev–Trinajstić information content (AvgIpc) is 3.36. The summed E-state index contributed by atoms with van der Waals surface area (Å²) in [6, 6.07) is 0. The van der Waals surface area contributed by atoms with E-state index >= 15 is 0 Å². The number of carbonyl (C=O) groups is 3. The molecule has 0 heterocycles. The number of allylic oxidation sites excluding steroid dienone is 10. The lowest BCUT2D eigenvalue weighted by atomic mass is 10.0. The van der Waals surface area contributed by atoms with Crippen molar-refractivity contribution in [3.8, 4) is 0 Å². The Kier molecular flexibility index (Phi) is 56.3. The van der Waals surface area contributed by atoms with Crippen LogP contribution in [0.25, 0.3) is 0 Å². The van der Waals surface area contributed by atoms with Crippen molar-refractivity contribution in [2.24, 2.45) is 0 Å². The lowest BCUT2D eigenvalue weighted by Gasteiger charge is -2.18. The van der Waals surface area contributed by atoms with Gasteiger partial charge in [-0.1, -0.05) is 287 Å². The third-order valence-corrected chi connectivity index (χ3v) is 13.3. The average molecular weight is 980 g/mol. The van der Waals surface area contributed by atoms with E-state index in [0.717, 1.165) is 96.3 Å². The summed E-state index contributed by atoms with van der Waals surface area (Å²) in [4.78, 5) is 38.2. The summed E-state index contributed by atoms with van der Waals surface area (Å²) in [5.74, 6) is -0.896. The summed E-state index contributed by atoms with van der Waals surface area (Å²) in [5.41, 5.74) is 0. The van der Waals surface area contributed by atoms with Crippen LogP contribution < -0.4 is 0 Å². The molecule has 1 unspecified atom stereocenters. The Bertz CT molecular complexity index is 1260. The lowest BCUT2D eigenvalue weighted by Crippen LogP contribution is -2.30. The van der Waals surface area contributed by atoms with Crippen LogP contribution in [0.1, 0.15) is 310 Å². The van der Waals surface area contributed by atoms with Crippen LogP contribution in [-0.2, 0) is 28.6 Å². The number of esters is 3. The second-order valence-electron chi connectivity index (χ2n) is 20.2. The molecule has 0 aromatic rings. The summed E-state index contributed by atoms with van der Waals surface area (Å²) in [7, 11) is 0. The van der Waals surface area contributed by atoms with Crippen LogP contribution in [0, 0.1) is 0 Å². The number of rotatable bonds is 55. The van der Waals surface area contributed by atoms with E-state index < -0.39 is 6.10 Å². The Morgan fingerprint density at radius 1 is 0.300 bits per heavy atom. The van der Waals surface area contributed by atoms with Crippen LogP contribution in [0.3, 0.4) is 0 Å². The largest absolute Gasteiger partial charge is 0.462 e. The Labute approximate surface area is 434 Å². The van der Waals surface area contributed by atoms with E-state index in [1.807, 2.05) is 0 Å². The molecule has 0 aliphatic rings. The molecule has 0 rings (SSSR count). The molecule has 0 aromatic carbocycles. The lowest BCUT2D eigenvalue weighted by molar-refractivity contribution is -0.167. The Hall–Kier alpha value is -2.89. The van der Waals surface area contributed by atoms with E-state index in [-0.39, 0.29) is 31.1 Å². The van der Waals surface area contributed by atoms with Gasteiger partial charge in [-0.25, -0.2) is 0 Å². The minimum atomic E-state index is -0.785. The Balaban J connectivity index is 4.40. The van der Waals surface area contributed by atoms with Crippen molar-refractivity contribution in [1.29, 1.82) is 0 Å². The highest BCUT2D eigenvalue weighted by Gasteiger charge is 2.19. The van der Waals surface area contributed by atoms with Crippen LogP contribution >= 0.6 is 0 Å². The number of unbranched alkanes of at least 4 members (excludes halogenated alkanes) is 34. The van der Waals surface area contributed by atoms with Crippen LogP contribution in [0.15, 0.2) is 60.8 Å². The predicted octanol–water partition coefficient (Wildman–Crippen LogP) is 20.4. The molecule has 1 atom stereocenters. The third kappa shape index (κ3) is 56.0. The zero-order valence-electron chi connectivity index (χ0n) is 46.5. The van der Waals surface area contributed by atoms with Crippen LogP contribution in [-0.4, -0.2) is 37.2 Å². The minimum absolute atomic E-state index is 0.0804. The van der Waals surface area contributed by atoms with E-state index in [1.165, 1.54) is 173 Å². The quantitative estimate of drug-likeness (QED) is 0.0261. The van der Waals surface area contributed by atoms with Gasteiger partial charge in [-0.15, -0.1) is 0 Å². The molecule has 6 heteroatoms. The van der Waals surface area contributed by atoms with Crippen LogP contribution in [0.4, 0.5) is 0 Å². The standard InChI is InChI=1S/C64H114O6/c1-4-7-10-13-16-19-22-25-28-30-32-34-36-39-42-45-48-51-54-57-63(66)69-60-61(59-68-62(65)56-53-50-47-44-41-38-35-27-24-21-18-15-12-9-6-3)70-64(67)58-55-52-49-46-43-40-37-33-31-29-26-23-20-17-14-11-8-5-2/h7,10,16,19,25,28,32,34,39,42,61H,4-6,8-9,11-15,17-18,20-24,26-27,29-31,33,35-38,40-41,43-60H2,1-3H3/b10-7-,19-16-,28-25-,34-32-,42-39-. The summed E-state index contributed by atoms with van der Waals surface area (Å²) < 4.78 is 16.9. The number of carbonyl (C=O) groups excluding carboxylic acids is 3. The second kappa shape index (κ2) is 58.7. The highest BCUT2D eigenvalue weighted by atomic mass is 16.6. The first-order valence-corrected chi connectivity index (χ1v) is 30.3. The summed E-state index contributed by atoms with van der Waals surface area (Å²) in [5, 5.41) is 0. The van der Waals surface area contributed by atoms with Crippen molar-refractivity contribution in [2.45, 2.75) is 316 Å². The molecule has 0 aromatic heterocycles. The van der Waals surface area contributed by atoms with Gasteiger partial charge >= 0.3 is 17.9 Å². The number of ether oxygens (including phenoxy) is 3. The normalized spacial score (nSPS) is 12.4. The molecule has 70 heavy (non-hydrogen) atoms. The van der Waals surface area contributed by atoms with Gasteiger partial charge < -0.3 is 14.2 Å². The summed E-state index contributed by atoms with van der Waals surface area (Å²) in [6.07, 6.45) is 73.6. The van der Waals surface area contributed by atoms with Crippen LogP contribution in [0.2, 0.25) is 0 Å². The van der Waals surface area contributed by atoms with Gasteiger partial charge in [-0.3, -0.25) is 14.4 Å². The Morgan fingerprint density at radius 2 is 0.557 bits per heavy atom. The van der Waals surface area contributed by atoms with E-state index in [2.05, 4.69) is 81.5 Å². The fourth-order valence-corrected chi connectivity index (χ4v) is 8.77. The molecule has 0 spiro atoms. The van der Waals surface area contributed by atoms with Crippen LogP contribution in [0.5, 0.6) is 0 Å². The zero-order chi connectivity index (χ0) is 50.7. The molecule has 0 saturated heterocycles. The molecule has 0 radical (unpaired) electrons. The molecular formula is C64H114O6. The first-order valence-electron chi connectivity index (χ1n) is 30.3. The summed E-state index contributed by atoms with van der Waals surface area (Å²) >= 11 is 0. The van der Waals surface area contributed by atoms with Crippen molar-refractivity contribution in [1.82, 2.24) is 0 Å². The van der Waals surface area contributed by atoms with Gasteiger partial charge in [0.15, 0.2) is 6.10 Å². The maximum absolute atomic E-state index is 12.9. The molecule has 0 saturated carbocycles. The SMILES string of the molecule is CC/C=C\C/C=C\C/C=C\C/C=C\C/C=C\CCCCCC(=O)OCC(COC(=O)CCCCCCCCCCCCCCCCC)OC(=O)CCCCCCCCCCCCCCCCCCCC. The van der Waals surface area contributed by atoms with E-state index in [0.29, 0.717) is 19.3 Å². The molecule has 0 aliphatic heterocycles. The van der Waals surface area contributed by atoms with E-state index in [1.54, 1.807) is 0 Å². The molecule has 0 fully saturated rings. The molecule has 0 bridgehead atoms. The number of hydrogen-bond acceptors (Lipinski definition) is 6. The van der Waals surface area contributed by atoms with Gasteiger partial charge in [0, 0.05) is 19.3 Å². The molecular weight excluding hydrogens is 865 g/mol. The van der Waals surface area contributed by atoms with Crippen molar-refractivity contribution in [3.63, 3.8) is 0 Å². The maximum Gasteiger partial charge on any atom is 0.306 e. The van der Waals surface area contributed by atoms with Crippen molar-refractivity contribution < 1.29 is 28.6 Å². The first-order chi connectivity index (χ1) is 34.5. The Morgan fingerprint density at radius 3 is 0.871 bits per heavy atom. The maximum atomic E-state index is 12.9. The van der Waals surface area contributed by atoms with Gasteiger partial charge in [0.1, 0.15) is 13.2 Å². The minimum Gasteiger partial charge on any atom is -0.462 e. The van der Waals surface area contributed by atoms with Gasteiger partial charge in [0.05, 0.1) is 0 Å². The fourth-order valence-electron chi connectivity index (χ4n) is 8.77.